The van der Waals surface area contributed by atoms with Gasteiger partial charge < -0.3 is 22.2 Å². The molecule has 1 unspecified atom stereocenters. The molecule has 2 bridgehead atoms. The first-order valence-electron chi connectivity index (χ1n) is 21.2. The van der Waals surface area contributed by atoms with Crippen LogP contribution < -0.4 is 5.30 Å². The van der Waals surface area contributed by atoms with E-state index in [1.807, 2.05) is 32.1 Å². The number of fused-ring (bicyclic) bond motifs is 2. The Kier molecular flexibility index (Phi) is 30.2. The third-order valence-corrected chi connectivity index (χ3v) is 18.2. The summed E-state index contributed by atoms with van der Waals surface area (Å²) in [7, 11) is -1.86. The molecule has 60 heavy (non-hydrogen) atoms. The van der Waals surface area contributed by atoms with Gasteiger partial charge in [0, 0.05) is 17.6 Å². The Morgan fingerprint density at radius 3 is 1.37 bits per heavy atom. The maximum Gasteiger partial charge on any atom is 3.00 e. The minimum absolute atomic E-state index is 0. The summed E-state index contributed by atoms with van der Waals surface area (Å²) in [5, 5.41) is 1.46. The van der Waals surface area contributed by atoms with E-state index in [9.17, 15) is 17.3 Å². The zero-order valence-electron chi connectivity index (χ0n) is 35.2. The van der Waals surface area contributed by atoms with E-state index in [0.717, 1.165) is 28.8 Å². The molecule has 0 aromatic heterocycles. The van der Waals surface area contributed by atoms with Crippen molar-refractivity contribution in [3.05, 3.63) is 170 Å². The number of hydrogen-bond acceptors (Lipinski definition) is 1. The summed E-state index contributed by atoms with van der Waals surface area (Å²) in [4.78, 5) is 2.29. The average Bonchev–Trinajstić information content (AvgIpc) is 4.08. The molecule has 2 atom stereocenters. The van der Waals surface area contributed by atoms with E-state index in [4.69, 9.17) is 0 Å². The van der Waals surface area contributed by atoms with Gasteiger partial charge in [0.1, 0.15) is 0 Å². The summed E-state index contributed by atoms with van der Waals surface area (Å²) < 4.78 is 39.0. The minimum atomic E-state index is -6.00. The molecule has 0 N–H and O–H groups in total. The Labute approximate surface area is 403 Å². The van der Waals surface area contributed by atoms with Gasteiger partial charge in [-0.1, -0.05) is 84.7 Å². The molecule has 0 amide bonds. The summed E-state index contributed by atoms with van der Waals surface area (Å²) in [6, 6.07) is 11.4. The maximum absolute atomic E-state index is 9.75. The Morgan fingerprint density at radius 2 is 0.983 bits per heavy atom. The Balaban J connectivity index is 0.000000289. The number of nitrogens with zero attached hydrogens (tertiary/aromatic N) is 1. The Hall–Kier alpha value is 1.49. The van der Waals surface area contributed by atoms with Crippen LogP contribution in [-0.2, 0) is 53.6 Å². The van der Waals surface area contributed by atoms with Crippen molar-refractivity contribution < 1.29 is 70.9 Å². The summed E-state index contributed by atoms with van der Waals surface area (Å²) >= 11 is 0. The normalized spacial score (nSPS) is 26.2. The quantitative estimate of drug-likeness (QED) is 0.142. The first-order valence-corrected chi connectivity index (χ1v) is 24.2. The fraction of sp³-hybridized carbons (Fsp3) is 0.429. The van der Waals surface area contributed by atoms with Crippen LogP contribution in [0.15, 0.2) is 30.3 Å². The topological polar surface area (TPSA) is 3.24 Å². The van der Waals surface area contributed by atoms with Crippen LogP contribution in [0.3, 0.4) is 0 Å². The monoisotopic (exact) mass is 1030 g/mol. The van der Waals surface area contributed by atoms with Crippen molar-refractivity contribution in [3.63, 3.8) is 0 Å². The zero-order chi connectivity index (χ0) is 40.5. The van der Waals surface area contributed by atoms with E-state index in [1.54, 1.807) is 25.7 Å². The van der Waals surface area contributed by atoms with Gasteiger partial charge in [-0.25, -0.2) is 0 Å². The van der Waals surface area contributed by atoms with Crippen LogP contribution in [0.1, 0.15) is 77.6 Å². The maximum atomic E-state index is 9.75. The largest absolute Gasteiger partial charge is 3.00 e. The SMILES string of the molecule is C[C@H]([C]1[CH][CH][CH][C]1P(c1ccccc1)C1[CH][CH][CH][CH]1)N(C)C.F[B-](F)(F)F.[CH]1[CH]C2[CH][CH]C1C2.[CH]1[CH][CH]C(P(C2CCCCC2)C2CCCCC2)[CH]1.[CH]1[CH][CH][CH][CH]1.[Fe+2].[Fe+2].[Rh+3]. The van der Waals surface area contributed by atoms with Crippen molar-refractivity contribution in [2.75, 3.05) is 14.1 Å². The molecule has 0 aliphatic heterocycles. The molecule has 324 valence electrons. The van der Waals surface area contributed by atoms with Gasteiger partial charge in [0.05, 0.1) is 0 Å². The Morgan fingerprint density at radius 1 is 0.567 bits per heavy atom. The second-order valence-electron chi connectivity index (χ2n) is 16.1. The van der Waals surface area contributed by atoms with Gasteiger partial charge in [0.15, 0.2) is 0 Å². The first-order chi connectivity index (χ1) is 27.6. The van der Waals surface area contributed by atoms with Crippen LogP contribution in [0, 0.1) is 152 Å². The van der Waals surface area contributed by atoms with E-state index >= 15 is 0 Å². The molecule has 11 heteroatoms. The van der Waals surface area contributed by atoms with E-state index in [2.05, 4.69) is 153 Å². The van der Waals surface area contributed by atoms with Crippen LogP contribution in [0.5, 0.6) is 0 Å². The molecule has 22 radical (unpaired) electrons. The Bertz CT molecular complexity index is 1150. The molecular formula is C49H63BF4Fe2NP2Rh+6. The molecule has 8 fully saturated rings. The molecule has 8 saturated carbocycles. The van der Waals surface area contributed by atoms with Crippen molar-refractivity contribution in [1.82, 2.24) is 4.90 Å². The van der Waals surface area contributed by atoms with Crippen molar-refractivity contribution in [2.45, 2.75) is 106 Å². The molecule has 8 aliphatic rings. The summed E-state index contributed by atoms with van der Waals surface area (Å²) in [6.07, 6.45) is 61.3. The minimum Gasteiger partial charge on any atom is -0.418 e. The molecular weight excluding hydrogens is 966 g/mol. The van der Waals surface area contributed by atoms with Gasteiger partial charge >= 0.3 is 60.9 Å². The number of hydrogen-bond donors (Lipinski definition) is 0. The van der Waals surface area contributed by atoms with Crippen molar-refractivity contribution in [2.24, 2.45) is 11.8 Å². The van der Waals surface area contributed by atoms with Crippen LogP contribution >= 0.6 is 15.8 Å². The summed E-state index contributed by atoms with van der Waals surface area (Å²) in [5.74, 6) is 3.09. The number of rotatable bonds is 8. The third kappa shape index (κ3) is 20.2. The second kappa shape index (κ2) is 31.5. The fourth-order valence-electron chi connectivity index (χ4n) is 8.74. The van der Waals surface area contributed by atoms with E-state index in [-0.39, 0.29) is 61.5 Å². The molecule has 1 nitrogen and oxygen atoms in total. The van der Waals surface area contributed by atoms with Crippen LogP contribution in [0.2, 0.25) is 0 Å². The molecule has 1 aromatic rings. The van der Waals surface area contributed by atoms with Gasteiger partial charge in [-0.3, -0.25) is 0 Å². The van der Waals surface area contributed by atoms with Crippen molar-refractivity contribution in [3.8, 4) is 0 Å². The van der Waals surface area contributed by atoms with Gasteiger partial charge in [0.25, 0.3) is 0 Å². The fourth-order valence-corrected chi connectivity index (χ4v) is 15.6. The van der Waals surface area contributed by atoms with Gasteiger partial charge in [-0.15, -0.1) is 0 Å². The van der Waals surface area contributed by atoms with Gasteiger partial charge in [-0.2, -0.15) is 0 Å². The third-order valence-electron chi connectivity index (χ3n) is 11.7. The molecule has 9 rings (SSSR count). The molecule has 0 spiro atoms. The second-order valence-corrected chi connectivity index (χ2v) is 21.3. The smallest absolute Gasteiger partial charge is 0.418 e. The van der Waals surface area contributed by atoms with E-state index in [0.29, 0.717) is 11.7 Å². The summed E-state index contributed by atoms with van der Waals surface area (Å²) in [5.41, 5.74) is 5.05. The van der Waals surface area contributed by atoms with E-state index in [1.165, 1.54) is 61.8 Å². The molecule has 1 aromatic carbocycles. The van der Waals surface area contributed by atoms with Crippen molar-refractivity contribution >= 4 is 28.4 Å². The average molecular weight is 1030 g/mol. The molecule has 0 heterocycles. The number of benzene rings is 1. The van der Waals surface area contributed by atoms with Crippen LogP contribution in [0.25, 0.3) is 0 Å². The van der Waals surface area contributed by atoms with Crippen LogP contribution in [-0.4, -0.2) is 54.9 Å². The zero-order valence-corrected chi connectivity index (χ0v) is 40.9. The van der Waals surface area contributed by atoms with E-state index < -0.39 is 15.2 Å². The van der Waals surface area contributed by atoms with Gasteiger partial charge in [-0.05, 0) is 221 Å². The predicted octanol–water partition coefficient (Wildman–Crippen LogP) is 12.8. The number of halogens is 4. The molecule has 8 aliphatic carbocycles. The van der Waals surface area contributed by atoms with Crippen molar-refractivity contribution in [1.29, 1.82) is 0 Å². The standard InChI is InChI=1S/C20H23NP.C17H27P.C7H8.C5H5.BF4.2Fe.Rh/c1-16(21(2)3)19-14-9-15-20(19)22(18-12-7-8-13-18)17-10-5-4-6-11-17;1-3-9-15(10-4-1)18(17-13-7-8-14-17)16-11-5-2-6-12-16;1-2-7-4-3-6(1)5-7;1-2-4-5-3-1;2-1(3,4)5;;;/h4-16,18H,1-3H3;7-8,13-17H,1-6,9-12H2;1-4,6-7H,5H2;1-5H;;;;/q;;;;-1;2*+2;+3/t16-,22?;;;;;;;/m1......./s1. The predicted molar refractivity (Wildman–Crippen MR) is 239 cm³/mol. The first kappa shape index (κ1) is 57.6. The van der Waals surface area contributed by atoms with Crippen LogP contribution in [0.4, 0.5) is 17.3 Å². The van der Waals surface area contributed by atoms with Gasteiger partial charge in [0.2, 0.25) is 0 Å². The summed E-state index contributed by atoms with van der Waals surface area (Å²) in [6.45, 7) is 2.29. The molecule has 0 saturated heterocycles.